The SMILES string of the molecule is CCOc1ccc(CC(=O)N(Cc2ccccn2)c2nc3ccc(C)cc3s2)cc1. The van der Waals surface area contributed by atoms with Crippen molar-refractivity contribution in [2.24, 2.45) is 0 Å². The third-order valence-electron chi connectivity index (χ3n) is 4.70. The van der Waals surface area contributed by atoms with Gasteiger partial charge in [0.05, 0.1) is 35.5 Å². The van der Waals surface area contributed by atoms with Crippen LogP contribution in [-0.2, 0) is 17.8 Å². The zero-order valence-electron chi connectivity index (χ0n) is 17.0. The molecule has 152 valence electrons. The smallest absolute Gasteiger partial charge is 0.233 e. The van der Waals surface area contributed by atoms with E-state index in [1.165, 1.54) is 16.9 Å². The second kappa shape index (κ2) is 9.05. The van der Waals surface area contributed by atoms with Crippen molar-refractivity contribution in [2.75, 3.05) is 11.5 Å². The summed E-state index contributed by atoms with van der Waals surface area (Å²) < 4.78 is 6.57. The minimum atomic E-state index is -0.0133. The van der Waals surface area contributed by atoms with Crippen molar-refractivity contribution in [3.05, 3.63) is 83.7 Å². The first-order valence-electron chi connectivity index (χ1n) is 9.91. The topological polar surface area (TPSA) is 55.3 Å². The Morgan fingerprint density at radius 2 is 1.93 bits per heavy atom. The second-order valence-electron chi connectivity index (χ2n) is 7.02. The molecule has 0 aliphatic carbocycles. The predicted molar refractivity (Wildman–Crippen MR) is 121 cm³/mol. The van der Waals surface area contributed by atoms with Crippen molar-refractivity contribution in [2.45, 2.75) is 26.8 Å². The maximum Gasteiger partial charge on any atom is 0.233 e. The molecule has 6 heteroatoms. The highest BCUT2D eigenvalue weighted by atomic mass is 32.1. The zero-order chi connectivity index (χ0) is 20.9. The maximum absolute atomic E-state index is 13.3. The largest absolute Gasteiger partial charge is 0.494 e. The lowest BCUT2D eigenvalue weighted by Crippen LogP contribution is -2.32. The molecule has 0 bridgehead atoms. The summed E-state index contributed by atoms with van der Waals surface area (Å²) in [5, 5.41) is 0.692. The molecule has 2 heterocycles. The number of nitrogens with zero attached hydrogens (tertiary/aromatic N) is 3. The van der Waals surface area contributed by atoms with E-state index in [1.807, 2.05) is 61.5 Å². The van der Waals surface area contributed by atoms with E-state index in [0.29, 0.717) is 18.3 Å². The number of benzene rings is 2. The Morgan fingerprint density at radius 1 is 1.10 bits per heavy atom. The molecule has 0 aliphatic heterocycles. The highest BCUT2D eigenvalue weighted by Gasteiger charge is 2.21. The highest BCUT2D eigenvalue weighted by Crippen LogP contribution is 2.31. The standard InChI is InChI=1S/C24H23N3O2S/c1-3-29-20-10-8-18(9-11-20)15-23(28)27(16-19-6-4-5-13-25-19)24-26-21-12-7-17(2)14-22(21)30-24/h4-14H,3,15-16H2,1-2H3. The molecule has 2 aromatic carbocycles. The average molecular weight is 418 g/mol. The first-order valence-corrected chi connectivity index (χ1v) is 10.7. The number of carbonyl (C=O) groups is 1. The van der Waals surface area contributed by atoms with E-state index in [4.69, 9.17) is 9.72 Å². The van der Waals surface area contributed by atoms with Gasteiger partial charge in [0.15, 0.2) is 5.13 Å². The van der Waals surface area contributed by atoms with Crippen LogP contribution in [0.3, 0.4) is 0 Å². The number of aryl methyl sites for hydroxylation is 1. The van der Waals surface area contributed by atoms with Crippen LogP contribution in [0, 0.1) is 6.92 Å². The Morgan fingerprint density at radius 3 is 2.67 bits per heavy atom. The number of hydrogen-bond acceptors (Lipinski definition) is 5. The Hall–Kier alpha value is -3.25. The van der Waals surface area contributed by atoms with E-state index in [0.717, 1.165) is 27.2 Å². The van der Waals surface area contributed by atoms with Crippen molar-refractivity contribution in [3.63, 3.8) is 0 Å². The number of ether oxygens (including phenoxy) is 1. The molecule has 0 fully saturated rings. The Kier molecular flexibility index (Phi) is 6.05. The molecule has 0 radical (unpaired) electrons. The van der Waals surface area contributed by atoms with Gasteiger partial charge in [0.2, 0.25) is 5.91 Å². The van der Waals surface area contributed by atoms with Gasteiger partial charge in [-0.3, -0.25) is 14.7 Å². The summed E-state index contributed by atoms with van der Waals surface area (Å²) in [4.78, 5) is 24.2. The van der Waals surface area contributed by atoms with E-state index in [1.54, 1.807) is 11.1 Å². The summed E-state index contributed by atoms with van der Waals surface area (Å²) in [5.74, 6) is 0.793. The highest BCUT2D eigenvalue weighted by molar-refractivity contribution is 7.22. The van der Waals surface area contributed by atoms with Crippen LogP contribution in [0.1, 0.15) is 23.7 Å². The van der Waals surface area contributed by atoms with E-state index >= 15 is 0 Å². The molecule has 0 aliphatic rings. The quantitative estimate of drug-likeness (QED) is 0.416. The van der Waals surface area contributed by atoms with Crippen LogP contribution in [0.15, 0.2) is 66.9 Å². The number of carbonyl (C=O) groups excluding carboxylic acids is 1. The minimum absolute atomic E-state index is 0.0133. The molecular formula is C24H23N3O2S. The van der Waals surface area contributed by atoms with Gasteiger partial charge in [-0.1, -0.05) is 35.6 Å². The third kappa shape index (κ3) is 4.66. The molecule has 2 aromatic heterocycles. The third-order valence-corrected chi connectivity index (χ3v) is 5.74. The molecule has 4 aromatic rings. The van der Waals surface area contributed by atoms with Gasteiger partial charge >= 0.3 is 0 Å². The van der Waals surface area contributed by atoms with Gasteiger partial charge in [0.1, 0.15) is 5.75 Å². The summed E-state index contributed by atoms with van der Waals surface area (Å²) in [6, 6.07) is 19.5. The van der Waals surface area contributed by atoms with Crippen molar-refractivity contribution in [1.29, 1.82) is 0 Å². The molecule has 0 atom stereocenters. The van der Waals surface area contributed by atoms with Gasteiger partial charge < -0.3 is 4.74 Å². The van der Waals surface area contributed by atoms with Crippen LogP contribution in [0.25, 0.3) is 10.2 Å². The number of anilines is 1. The predicted octanol–water partition coefficient (Wildman–Crippen LogP) is 5.17. The van der Waals surface area contributed by atoms with Gasteiger partial charge in [-0.2, -0.15) is 0 Å². The number of amides is 1. The zero-order valence-corrected chi connectivity index (χ0v) is 17.9. The van der Waals surface area contributed by atoms with Crippen LogP contribution in [0.5, 0.6) is 5.75 Å². The monoisotopic (exact) mass is 417 g/mol. The fraction of sp³-hybridized carbons (Fsp3) is 0.208. The number of rotatable bonds is 7. The Balaban J connectivity index is 1.62. The summed E-state index contributed by atoms with van der Waals surface area (Å²) >= 11 is 1.53. The van der Waals surface area contributed by atoms with Gasteiger partial charge in [-0.05, 0) is 61.4 Å². The van der Waals surface area contributed by atoms with Crippen LogP contribution in [0.2, 0.25) is 0 Å². The van der Waals surface area contributed by atoms with Gasteiger partial charge in [0, 0.05) is 6.20 Å². The van der Waals surface area contributed by atoms with Crippen LogP contribution >= 0.6 is 11.3 Å². The van der Waals surface area contributed by atoms with Gasteiger partial charge in [-0.25, -0.2) is 4.98 Å². The van der Waals surface area contributed by atoms with Crippen LogP contribution in [0.4, 0.5) is 5.13 Å². The summed E-state index contributed by atoms with van der Waals surface area (Å²) in [5.41, 5.74) is 3.84. The normalized spacial score (nSPS) is 10.9. The molecule has 0 saturated carbocycles. The number of aromatic nitrogens is 2. The van der Waals surface area contributed by atoms with Crippen LogP contribution < -0.4 is 9.64 Å². The van der Waals surface area contributed by atoms with Crippen LogP contribution in [-0.4, -0.2) is 22.5 Å². The van der Waals surface area contributed by atoms with E-state index in [2.05, 4.69) is 18.0 Å². The number of pyridine rings is 1. The molecule has 30 heavy (non-hydrogen) atoms. The number of fused-ring (bicyclic) bond motifs is 1. The van der Waals surface area contributed by atoms with E-state index < -0.39 is 0 Å². The number of thiazole rings is 1. The molecule has 0 spiro atoms. The van der Waals surface area contributed by atoms with Crippen molar-refractivity contribution in [3.8, 4) is 5.75 Å². The maximum atomic E-state index is 13.3. The molecular weight excluding hydrogens is 394 g/mol. The first kappa shape index (κ1) is 20.0. The van der Waals surface area contributed by atoms with Crippen molar-refractivity contribution < 1.29 is 9.53 Å². The van der Waals surface area contributed by atoms with E-state index in [-0.39, 0.29) is 12.3 Å². The Bertz CT molecular complexity index is 1140. The second-order valence-corrected chi connectivity index (χ2v) is 8.03. The lowest BCUT2D eigenvalue weighted by atomic mass is 10.1. The summed E-state index contributed by atoms with van der Waals surface area (Å²) in [6.07, 6.45) is 2.03. The van der Waals surface area contributed by atoms with E-state index in [9.17, 15) is 4.79 Å². The molecule has 0 saturated heterocycles. The van der Waals surface area contributed by atoms with Gasteiger partial charge in [-0.15, -0.1) is 0 Å². The lowest BCUT2D eigenvalue weighted by molar-refractivity contribution is -0.118. The number of hydrogen-bond donors (Lipinski definition) is 0. The van der Waals surface area contributed by atoms with Gasteiger partial charge in [0.25, 0.3) is 0 Å². The molecule has 0 N–H and O–H groups in total. The van der Waals surface area contributed by atoms with Crippen molar-refractivity contribution >= 4 is 32.6 Å². The molecule has 1 amide bonds. The molecule has 4 rings (SSSR count). The average Bonchev–Trinajstić information content (AvgIpc) is 3.17. The molecule has 5 nitrogen and oxygen atoms in total. The summed E-state index contributed by atoms with van der Waals surface area (Å²) in [6.45, 7) is 5.01. The summed E-state index contributed by atoms with van der Waals surface area (Å²) in [7, 11) is 0. The minimum Gasteiger partial charge on any atom is -0.494 e. The first-order chi connectivity index (χ1) is 14.6. The lowest BCUT2D eigenvalue weighted by Gasteiger charge is -2.19. The molecule has 0 unspecified atom stereocenters. The van der Waals surface area contributed by atoms with Crippen molar-refractivity contribution in [1.82, 2.24) is 9.97 Å². The Labute approximate surface area is 180 Å². The fourth-order valence-corrected chi connectivity index (χ4v) is 4.27. The fourth-order valence-electron chi connectivity index (χ4n) is 3.19.